The highest BCUT2D eigenvalue weighted by Gasteiger charge is 2.32. The third kappa shape index (κ3) is 4.61. The van der Waals surface area contributed by atoms with E-state index >= 15 is 0 Å². The molecular weight excluding hydrogens is 488 g/mol. The van der Waals surface area contributed by atoms with Gasteiger partial charge < -0.3 is 29.0 Å². The molecule has 1 amide bonds. The molecule has 0 fully saturated rings. The van der Waals surface area contributed by atoms with E-state index in [0.29, 0.717) is 51.8 Å². The van der Waals surface area contributed by atoms with E-state index in [4.69, 9.17) is 35.3 Å². The number of fused-ring (bicyclic) bond motifs is 3. The Morgan fingerprint density at radius 3 is 2.42 bits per heavy atom. The van der Waals surface area contributed by atoms with Crippen molar-refractivity contribution in [2.45, 2.75) is 18.9 Å². The van der Waals surface area contributed by atoms with Crippen LogP contribution in [0.5, 0.6) is 28.7 Å². The van der Waals surface area contributed by atoms with Crippen LogP contribution in [0.3, 0.4) is 0 Å². The third-order valence-electron chi connectivity index (χ3n) is 5.94. The van der Waals surface area contributed by atoms with Crippen LogP contribution < -0.4 is 34.4 Å². The van der Waals surface area contributed by atoms with Crippen LogP contribution in [0.4, 0.5) is 4.79 Å². The van der Waals surface area contributed by atoms with Crippen LogP contribution in [0.25, 0.3) is 11.1 Å². The zero-order valence-electron chi connectivity index (χ0n) is 20.2. The largest absolute Gasteiger partial charge is 0.493 e. The number of carbonyl (C=O) groups is 1. The standard InChI is InChI=1S/C26H25ClN2O7/c1-32-20-10-8-15-17(12-19(20)30)18(29-26(31)36-14-6-5-11-28-13-14)9-7-16-21(15)23(33-2)25(35-4)24(34-3)22(16)27/h5-6,8,10-13,18H,7,9H2,1-4H3,(H,29,31)/t18-/m0/s1. The highest BCUT2D eigenvalue weighted by Crippen LogP contribution is 2.54. The van der Waals surface area contributed by atoms with Gasteiger partial charge in [-0.05, 0) is 53.8 Å². The molecule has 1 aromatic heterocycles. The van der Waals surface area contributed by atoms with Crippen molar-refractivity contribution in [3.63, 3.8) is 0 Å². The fourth-order valence-corrected chi connectivity index (χ4v) is 4.73. The van der Waals surface area contributed by atoms with E-state index < -0.39 is 12.1 Å². The Kier molecular flexibility index (Phi) is 7.49. The van der Waals surface area contributed by atoms with Crippen molar-refractivity contribution < 1.29 is 28.5 Å². The number of benzene rings is 1. The number of amides is 1. The average Bonchev–Trinajstić information content (AvgIpc) is 3.13. The molecule has 3 aromatic rings. The van der Waals surface area contributed by atoms with Crippen molar-refractivity contribution >= 4 is 17.7 Å². The average molecular weight is 513 g/mol. The summed E-state index contributed by atoms with van der Waals surface area (Å²) in [5.74, 6) is 1.48. The van der Waals surface area contributed by atoms with Crippen molar-refractivity contribution in [2.24, 2.45) is 0 Å². The van der Waals surface area contributed by atoms with Crippen molar-refractivity contribution in [1.82, 2.24) is 10.3 Å². The number of nitrogens with one attached hydrogen (secondary N) is 1. The number of pyridine rings is 1. The predicted octanol–water partition coefficient (Wildman–Crippen LogP) is 4.57. The number of rotatable bonds is 6. The van der Waals surface area contributed by atoms with Gasteiger partial charge in [-0.3, -0.25) is 9.78 Å². The van der Waals surface area contributed by atoms with Gasteiger partial charge in [-0.25, -0.2) is 4.79 Å². The first-order valence-electron chi connectivity index (χ1n) is 11.0. The first-order chi connectivity index (χ1) is 17.4. The minimum absolute atomic E-state index is 0.145. The maximum atomic E-state index is 12.9. The predicted molar refractivity (Wildman–Crippen MR) is 134 cm³/mol. The summed E-state index contributed by atoms with van der Waals surface area (Å²) in [7, 11) is 5.92. The van der Waals surface area contributed by atoms with Crippen LogP contribution in [0.1, 0.15) is 23.6 Å². The smallest absolute Gasteiger partial charge is 0.413 e. The molecule has 1 aliphatic carbocycles. The van der Waals surface area contributed by atoms with E-state index in [1.807, 2.05) is 0 Å². The summed E-state index contributed by atoms with van der Waals surface area (Å²) < 4.78 is 27.5. The number of hydrogen-bond acceptors (Lipinski definition) is 8. The van der Waals surface area contributed by atoms with Gasteiger partial charge in [0.25, 0.3) is 0 Å². The van der Waals surface area contributed by atoms with Crippen molar-refractivity contribution in [2.75, 3.05) is 28.4 Å². The fraction of sp³-hybridized carbons (Fsp3) is 0.269. The van der Waals surface area contributed by atoms with E-state index in [9.17, 15) is 9.59 Å². The van der Waals surface area contributed by atoms with Crippen LogP contribution in [0.15, 0.2) is 47.5 Å². The quantitative estimate of drug-likeness (QED) is 0.512. The normalized spacial score (nSPS) is 14.0. The van der Waals surface area contributed by atoms with E-state index in [-0.39, 0.29) is 16.9 Å². The van der Waals surface area contributed by atoms with Gasteiger partial charge in [0.15, 0.2) is 23.0 Å². The molecule has 0 saturated heterocycles. The lowest BCUT2D eigenvalue weighted by molar-refractivity contribution is 0.195. The van der Waals surface area contributed by atoms with Crippen LogP contribution >= 0.6 is 11.6 Å². The summed E-state index contributed by atoms with van der Waals surface area (Å²) in [6.45, 7) is 0. The Bertz CT molecular complexity index is 1350. The molecule has 1 atom stereocenters. The molecule has 36 heavy (non-hydrogen) atoms. The Morgan fingerprint density at radius 2 is 1.78 bits per heavy atom. The summed E-state index contributed by atoms with van der Waals surface area (Å²) >= 11 is 6.80. The fourth-order valence-electron chi connectivity index (χ4n) is 4.37. The molecule has 0 radical (unpaired) electrons. The Balaban J connectivity index is 1.91. The summed E-state index contributed by atoms with van der Waals surface area (Å²) in [4.78, 5) is 29.7. The molecular formula is C26H25ClN2O7. The summed E-state index contributed by atoms with van der Waals surface area (Å²) in [6.07, 6.45) is 3.16. The SMILES string of the molecule is COc1c(Cl)c2c(c(OC)c1OC)-c1ccc(OC)c(=O)cc1[C@@H](NC(=O)Oc1cccnc1)CC2. The molecule has 0 unspecified atom stereocenters. The monoisotopic (exact) mass is 512 g/mol. The van der Waals surface area contributed by atoms with Gasteiger partial charge in [-0.15, -0.1) is 0 Å². The van der Waals surface area contributed by atoms with E-state index in [2.05, 4.69) is 10.3 Å². The van der Waals surface area contributed by atoms with Crippen molar-refractivity contribution in [3.8, 4) is 39.9 Å². The molecule has 0 aliphatic heterocycles. The van der Waals surface area contributed by atoms with Gasteiger partial charge in [0.1, 0.15) is 0 Å². The van der Waals surface area contributed by atoms with Gasteiger partial charge in [0.2, 0.25) is 11.2 Å². The number of aromatic nitrogens is 1. The molecule has 0 bridgehead atoms. The first-order valence-corrected chi connectivity index (χ1v) is 11.4. The highest BCUT2D eigenvalue weighted by molar-refractivity contribution is 6.34. The van der Waals surface area contributed by atoms with Gasteiger partial charge in [-0.1, -0.05) is 17.7 Å². The van der Waals surface area contributed by atoms with Crippen LogP contribution in [-0.2, 0) is 6.42 Å². The maximum absolute atomic E-state index is 12.9. The zero-order valence-corrected chi connectivity index (χ0v) is 21.0. The van der Waals surface area contributed by atoms with Gasteiger partial charge >= 0.3 is 6.09 Å². The second-order valence-electron chi connectivity index (χ2n) is 7.86. The Hall–Kier alpha value is -3.98. The molecule has 10 heteroatoms. The Labute approximate surface area is 212 Å². The van der Waals surface area contributed by atoms with Crippen LogP contribution in [0, 0.1) is 0 Å². The second kappa shape index (κ2) is 10.7. The van der Waals surface area contributed by atoms with Crippen molar-refractivity contribution in [1.29, 1.82) is 0 Å². The molecule has 1 aliphatic rings. The molecule has 9 nitrogen and oxygen atoms in total. The van der Waals surface area contributed by atoms with Crippen molar-refractivity contribution in [3.05, 3.63) is 69.1 Å². The van der Waals surface area contributed by atoms with Crippen LogP contribution in [-0.4, -0.2) is 39.5 Å². The minimum atomic E-state index is -0.691. The van der Waals surface area contributed by atoms with E-state index in [0.717, 1.165) is 5.56 Å². The lowest BCUT2D eigenvalue weighted by Gasteiger charge is -2.21. The number of nitrogens with zero attached hydrogens (tertiary/aromatic N) is 1. The van der Waals surface area contributed by atoms with E-state index in [1.54, 1.807) is 30.5 Å². The number of carbonyl (C=O) groups excluding carboxylic acids is 1. The molecule has 1 heterocycles. The molecule has 1 N–H and O–H groups in total. The van der Waals surface area contributed by atoms with Gasteiger partial charge in [-0.2, -0.15) is 0 Å². The van der Waals surface area contributed by atoms with Crippen LogP contribution in [0.2, 0.25) is 5.02 Å². The third-order valence-corrected chi connectivity index (χ3v) is 6.34. The lowest BCUT2D eigenvalue weighted by Crippen LogP contribution is -2.31. The molecule has 0 spiro atoms. The van der Waals surface area contributed by atoms with Gasteiger partial charge in [0.05, 0.1) is 45.7 Å². The number of halogens is 1. The zero-order chi connectivity index (χ0) is 25.8. The lowest BCUT2D eigenvalue weighted by atomic mass is 9.95. The topological polar surface area (TPSA) is 105 Å². The number of hydrogen-bond donors (Lipinski definition) is 1. The number of methoxy groups -OCH3 is 4. The van der Waals surface area contributed by atoms with E-state index in [1.165, 1.54) is 40.7 Å². The molecule has 188 valence electrons. The summed E-state index contributed by atoms with van der Waals surface area (Å²) in [5.41, 5.74) is 2.19. The molecule has 4 rings (SSSR count). The minimum Gasteiger partial charge on any atom is -0.493 e. The summed E-state index contributed by atoms with van der Waals surface area (Å²) in [6, 6.07) is 7.44. The second-order valence-corrected chi connectivity index (χ2v) is 8.24. The van der Waals surface area contributed by atoms with Gasteiger partial charge in [0, 0.05) is 11.8 Å². The molecule has 2 aromatic carbocycles. The number of ether oxygens (including phenoxy) is 5. The molecule has 0 saturated carbocycles. The maximum Gasteiger partial charge on any atom is 0.413 e. The Morgan fingerprint density at radius 1 is 1.03 bits per heavy atom. The highest BCUT2D eigenvalue weighted by atomic mass is 35.5. The first kappa shape index (κ1) is 25.1. The summed E-state index contributed by atoms with van der Waals surface area (Å²) in [5, 5.41) is 3.23.